The van der Waals surface area contributed by atoms with Gasteiger partial charge in [-0.25, -0.2) is 9.97 Å². The average Bonchev–Trinajstić information content (AvgIpc) is 2.45. The minimum atomic E-state index is -0.104. The van der Waals surface area contributed by atoms with Crippen molar-refractivity contribution in [2.45, 2.75) is 39.2 Å². The fourth-order valence-electron chi connectivity index (χ4n) is 2.59. The molecule has 0 atom stereocenters. The van der Waals surface area contributed by atoms with Gasteiger partial charge in [0.2, 0.25) is 0 Å². The summed E-state index contributed by atoms with van der Waals surface area (Å²) in [4.78, 5) is 11.4. The van der Waals surface area contributed by atoms with Crippen molar-refractivity contribution < 1.29 is 0 Å². The first-order valence-corrected chi connectivity index (χ1v) is 7.68. The van der Waals surface area contributed by atoms with E-state index in [1.807, 2.05) is 6.07 Å². The van der Waals surface area contributed by atoms with Gasteiger partial charge in [-0.2, -0.15) is 0 Å². The Kier molecular flexibility index (Phi) is 3.62. The molecular formula is C17H20ClN3. The molecule has 0 fully saturated rings. The Morgan fingerprint density at radius 2 is 1.81 bits per heavy atom. The molecule has 0 bridgehead atoms. The summed E-state index contributed by atoms with van der Waals surface area (Å²) in [5.74, 6) is 1.72. The highest BCUT2D eigenvalue weighted by Crippen LogP contribution is 2.27. The lowest BCUT2D eigenvalue weighted by atomic mass is 9.95. The summed E-state index contributed by atoms with van der Waals surface area (Å²) in [7, 11) is 0. The van der Waals surface area contributed by atoms with Gasteiger partial charge in [0.25, 0.3) is 0 Å². The second kappa shape index (κ2) is 5.30. The molecule has 0 saturated heterocycles. The van der Waals surface area contributed by atoms with E-state index in [-0.39, 0.29) is 5.41 Å². The molecule has 0 radical (unpaired) electrons. The normalized spacial score (nSPS) is 15.0. The molecule has 1 aliphatic heterocycles. The molecule has 3 rings (SSSR count). The zero-order valence-electron chi connectivity index (χ0n) is 12.7. The lowest BCUT2D eigenvalue weighted by Crippen LogP contribution is -2.32. The first-order chi connectivity index (χ1) is 9.93. The maximum Gasteiger partial charge on any atom is 0.137 e. The number of aromatic nitrogens is 2. The van der Waals surface area contributed by atoms with Gasteiger partial charge in [-0.3, -0.25) is 0 Å². The van der Waals surface area contributed by atoms with E-state index in [1.165, 1.54) is 11.1 Å². The Morgan fingerprint density at radius 1 is 1.10 bits per heavy atom. The first-order valence-electron chi connectivity index (χ1n) is 7.30. The predicted octanol–water partition coefficient (Wildman–Crippen LogP) is 3.99. The van der Waals surface area contributed by atoms with Crippen LogP contribution in [0, 0.1) is 0 Å². The molecule has 21 heavy (non-hydrogen) atoms. The van der Waals surface area contributed by atoms with Crippen molar-refractivity contribution >= 4 is 17.4 Å². The van der Waals surface area contributed by atoms with Crippen molar-refractivity contribution in [3.8, 4) is 0 Å². The van der Waals surface area contributed by atoms with Crippen LogP contribution in [0.15, 0.2) is 30.3 Å². The molecule has 2 aromatic rings. The number of anilines is 1. The van der Waals surface area contributed by atoms with Gasteiger partial charge in [-0.15, -0.1) is 0 Å². The highest BCUT2D eigenvalue weighted by Gasteiger charge is 2.22. The summed E-state index contributed by atoms with van der Waals surface area (Å²) >= 11 is 6.20. The van der Waals surface area contributed by atoms with Crippen LogP contribution in [-0.4, -0.2) is 16.5 Å². The lowest BCUT2D eigenvalue weighted by molar-refractivity contribution is 0.543. The van der Waals surface area contributed by atoms with Crippen molar-refractivity contribution in [1.29, 1.82) is 0 Å². The summed E-state index contributed by atoms with van der Waals surface area (Å²) in [5, 5.41) is 0.517. The van der Waals surface area contributed by atoms with Crippen molar-refractivity contribution in [2.24, 2.45) is 0 Å². The van der Waals surface area contributed by atoms with Gasteiger partial charge < -0.3 is 4.90 Å². The third-order valence-electron chi connectivity index (χ3n) is 3.81. The largest absolute Gasteiger partial charge is 0.352 e. The van der Waals surface area contributed by atoms with Crippen molar-refractivity contribution in [3.63, 3.8) is 0 Å². The summed E-state index contributed by atoms with van der Waals surface area (Å²) in [6, 6.07) is 10.5. The third kappa shape index (κ3) is 3.03. The lowest BCUT2D eigenvalue weighted by Gasteiger charge is -2.30. The Labute approximate surface area is 131 Å². The molecule has 0 unspecified atom stereocenters. The maximum atomic E-state index is 6.20. The summed E-state index contributed by atoms with van der Waals surface area (Å²) in [5.41, 5.74) is 2.70. The van der Waals surface area contributed by atoms with Crippen LogP contribution in [0.1, 0.15) is 37.7 Å². The molecule has 0 aliphatic carbocycles. The minimum absolute atomic E-state index is 0.104. The van der Waals surface area contributed by atoms with Crippen molar-refractivity contribution in [2.75, 3.05) is 11.4 Å². The summed E-state index contributed by atoms with van der Waals surface area (Å²) in [6.07, 6.45) is 1.04. The van der Waals surface area contributed by atoms with Crippen LogP contribution in [0.4, 0.5) is 5.82 Å². The molecule has 1 aromatic carbocycles. The Balaban J connectivity index is 1.94. The van der Waals surface area contributed by atoms with Crippen molar-refractivity contribution in [3.05, 3.63) is 52.4 Å². The van der Waals surface area contributed by atoms with Crippen LogP contribution in [0.3, 0.4) is 0 Å². The number of nitrogens with zero attached hydrogens (tertiary/aromatic N) is 3. The van der Waals surface area contributed by atoms with E-state index in [4.69, 9.17) is 16.6 Å². The molecule has 2 heterocycles. The van der Waals surface area contributed by atoms with Crippen LogP contribution in [0.2, 0.25) is 5.15 Å². The average molecular weight is 302 g/mol. The summed E-state index contributed by atoms with van der Waals surface area (Å²) < 4.78 is 0. The van der Waals surface area contributed by atoms with Gasteiger partial charge >= 0.3 is 0 Å². The van der Waals surface area contributed by atoms with Crippen LogP contribution >= 0.6 is 11.6 Å². The highest BCUT2D eigenvalue weighted by atomic mass is 35.5. The Morgan fingerprint density at radius 3 is 2.52 bits per heavy atom. The quantitative estimate of drug-likeness (QED) is 0.746. The fourth-order valence-corrected chi connectivity index (χ4v) is 2.77. The van der Waals surface area contributed by atoms with Crippen LogP contribution in [0.25, 0.3) is 0 Å². The van der Waals surface area contributed by atoms with E-state index in [2.05, 4.69) is 54.9 Å². The number of rotatable bonds is 1. The molecule has 0 spiro atoms. The molecule has 1 aromatic heterocycles. The van der Waals surface area contributed by atoms with E-state index in [9.17, 15) is 0 Å². The second-order valence-electron chi connectivity index (χ2n) is 6.56. The van der Waals surface area contributed by atoms with Gasteiger partial charge in [-0.05, 0) is 17.5 Å². The fraction of sp³-hybridized carbons (Fsp3) is 0.412. The summed E-state index contributed by atoms with van der Waals surface area (Å²) in [6.45, 7) is 8.16. The van der Waals surface area contributed by atoms with Gasteiger partial charge in [0.1, 0.15) is 16.8 Å². The second-order valence-corrected chi connectivity index (χ2v) is 6.95. The van der Waals surface area contributed by atoms with Crippen LogP contribution in [-0.2, 0) is 18.4 Å². The smallest absolute Gasteiger partial charge is 0.137 e. The van der Waals surface area contributed by atoms with E-state index in [0.717, 1.165) is 31.2 Å². The number of benzene rings is 1. The Hall–Kier alpha value is -1.61. The number of hydrogen-bond donors (Lipinski definition) is 0. The van der Waals surface area contributed by atoms with E-state index >= 15 is 0 Å². The number of fused-ring (bicyclic) bond motifs is 1. The molecule has 3 nitrogen and oxygen atoms in total. The van der Waals surface area contributed by atoms with Crippen molar-refractivity contribution in [1.82, 2.24) is 9.97 Å². The SMILES string of the molecule is CC(C)(C)c1nc(Cl)cc(N2CCc3ccccc3C2)n1. The predicted molar refractivity (Wildman–Crippen MR) is 86.9 cm³/mol. The number of halogens is 1. The highest BCUT2D eigenvalue weighted by molar-refractivity contribution is 6.29. The molecule has 0 amide bonds. The van der Waals surface area contributed by atoms with E-state index in [0.29, 0.717) is 5.15 Å². The first kappa shape index (κ1) is 14.3. The Bertz CT molecular complexity index is 661. The molecular weight excluding hydrogens is 282 g/mol. The molecule has 110 valence electrons. The topological polar surface area (TPSA) is 29.0 Å². The minimum Gasteiger partial charge on any atom is -0.352 e. The zero-order valence-corrected chi connectivity index (χ0v) is 13.5. The monoisotopic (exact) mass is 301 g/mol. The molecule has 0 saturated carbocycles. The van der Waals surface area contributed by atoms with E-state index in [1.54, 1.807) is 0 Å². The van der Waals surface area contributed by atoms with Gasteiger partial charge in [0.15, 0.2) is 0 Å². The molecule has 0 N–H and O–H groups in total. The zero-order chi connectivity index (χ0) is 15.0. The number of hydrogen-bond acceptors (Lipinski definition) is 3. The maximum absolute atomic E-state index is 6.20. The van der Waals surface area contributed by atoms with Crippen LogP contribution < -0.4 is 4.90 Å². The molecule has 1 aliphatic rings. The molecule has 4 heteroatoms. The van der Waals surface area contributed by atoms with Crippen LogP contribution in [0.5, 0.6) is 0 Å². The standard InChI is InChI=1S/C17H20ClN3/c1-17(2,3)16-19-14(18)10-15(20-16)21-9-8-12-6-4-5-7-13(12)11-21/h4-7,10H,8-9,11H2,1-3H3. The third-order valence-corrected chi connectivity index (χ3v) is 4.00. The van der Waals surface area contributed by atoms with E-state index < -0.39 is 0 Å². The van der Waals surface area contributed by atoms with Gasteiger partial charge in [0, 0.05) is 24.6 Å². The van der Waals surface area contributed by atoms with Gasteiger partial charge in [0.05, 0.1) is 0 Å². The van der Waals surface area contributed by atoms with Gasteiger partial charge in [-0.1, -0.05) is 56.6 Å².